The lowest BCUT2D eigenvalue weighted by Gasteiger charge is -2.33. The molecule has 148 valence electrons. The van der Waals surface area contributed by atoms with E-state index in [1.54, 1.807) is 12.3 Å². The van der Waals surface area contributed by atoms with Crippen LogP contribution < -0.4 is 15.8 Å². The summed E-state index contributed by atoms with van der Waals surface area (Å²) >= 11 is 0. The molecular weight excluding hydrogens is 352 g/mol. The summed E-state index contributed by atoms with van der Waals surface area (Å²) in [4.78, 5) is 27.1. The van der Waals surface area contributed by atoms with Crippen molar-refractivity contribution >= 4 is 11.6 Å². The molecule has 2 aromatic rings. The molecule has 4 rings (SSSR count). The average Bonchev–Trinajstić information content (AvgIpc) is 3.23. The minimum absolute atomic E-state index is 0.0864. The summed E-state index contributed by atoms with van der Waals surface area (Å²) in [6, 6.07) is 11.9. The summed E-state index contributed by atoms with van der Waals surface area (Å²) in [5.74, 6) is 0.297. The van der Waals surface area contributed by atoms with Crippen molar-refractivity contribution in [1.29, 1.82) is 0 Å². The highest BCUT2D eigenvalue weighted by molar-refractivity contribution is 5.79. The lowest BCUT2D eigenvalue weighted by Crippen LogP contribution is -2.43. The van der Waals surface area contributed by atoms with E-state index in [4.69, 9.17) is 0 Å². The van der Waals surface area contributed by atoms with Crippen LogP contribution in [0.4, 0.5) is 5.69 Å². The van der Waals surface area contributed by atoms with Gasteiger partial charge in [-0.3, -0.25) is 9.59 Å². The number of nitrogens with zero attached hydrogens (tertiary/aromatic N) is 3. The van der Waals surface area contributed by atoms with Crippen molar-refractivity contribution in [3.8, 4) is 0 Å². The second kappa shape index (κ2) is 8.59. The number of rotatable bonds is 5. The van der Waals surface area contributed by atoms with E-state index in [0.717, 1.165) is 50.0 Å². The highest BCUT2D eigenvalue weighted by Crippen LogP contribution is 2.24. The summed E-state index contributed by atoms with van der Waals surface area (Å²) < 4.78 is 1.49. The molecule has 1 N–H and O–H groups in total. The van der Waals surface area contributed by atoms with Gasteiger partial charge in [0.15, 0.2) is 0 Å². The van der Waals surface area contributed by atoms with Crippen molar-refractivity contribution in [2.24, 2.45) is 5.92 Å². The van der Waals surface area contributed by atoms with E-state index >= 15 is 0 Å². The Bertz CT molecular complexity index is 850. The zero-order chi connectivity index (χ0) is 19.3. The van der Waals surface area contributed by atoms with E-state index in [0.29, 0.717) is 12.6 Å². The lowest BCUT2D eigenvalue weighted by atomic mass is 9.95. The number of amides is 1. The zero-order valence-electron chi connectivity index (χ0n) is 16.2. The molecule has 1 aromatic carbocycles. The number of hydrogen-bond acceptors (Lipinski definition) is 4. The third kappa shape index (κ3) is 4.43. The Morgan fingerprint density at radius 3 is 2.46 bits per heavy atom. The summed E-state index contributed by atoms with van der Waals surface area (Å²) in [6.45, 7) is 2.04. The predicted octanol–water partition coefficient (Wildman–Crippen LogP) is 2.57. The molecule has 0 unspecified atom stereocenters. The van der Waals surface area contributed by atoms with Crippen molar-refractivity contribution in [3.63, 3.8) is 0 Å². The SMILES string of the molecule is O=C(NC1CCCC1)C1CCN(c2cnn(Cc3ccccc3)c(=O)c2)CC1. The van der Waals surface area contributed by atoms with Crippen molar-refractivity contribution in [1.82, 2.24) is 15.1 Å². The van der Waals surface area contributed by atoms with Gasteiger partial charge in [0.25, 0.3) is 5.56 Å². The maximum Gasteiger partial charge on any atom is 0.269 e. The van der Waals surface area contributed by atoms with Gasteiger partial charge in [-0.2, -0.15) is 5.10 Å². The minimum atomic E-state index is -0.0950. The normalized spacial score (nSPS) is 18.4. The maximum absolute atomic E-state index is 12.5. The van der Waals surface area contributed by atoms with E-state index in [1.165, 1.54) is 17.5 Å². The fourth-order valence-corrected chi connectivity index (χ4v) is 4.26. The molecule has 0 bridgehead atoms. The van der Waals surface area contributed by atoms with Gasteiger partial charge < -0.3 is 10.2 Å². The molecule has 1 aliphatic heterocycles. The molecule has 28 heavy (non-hydrogen) atoms. The zero-order valence-corrected chi connectivity index (χ0v) is 16.2. The second-order valence-corrected chi connectivity index (χ2v) is 7.95. The molecule has 1 saturated carbocycles. The van der Waals surface area contributed by atoms with Crippen LogP contribution in [0.25, 0.3) is 0 Å². The Morgan fingerprint density at radius 1 is 1.07 bits per heavy atom. The van der Waals surface area contributed by atoms with Crippen molar-refractivity contribution < 1.29 is 4.79 Å². The molecule has 0 atom stereocenters. The average molecular weight is 380 g/mol. The fraction of sp³-hybridized carbons (Fsp3) is 0.500. The summed E-state index contributed by atoms with van der Waals surface area (Å²) in [5, 5.41) is 7.57. The highest BCUT2D eigenvalue weighted by atomic mass is 16.2. The van der Waals surface area contributed by atoms with E-state index in [-0.39, 0.29) is 17.4 Å². The van der Waals surface area contributed by atoms with Crippen LogP contribution >= 0.6 is 0 Å². The van der Waals surface area contributed by atoms with Gasteiger partial charge in [-0.05, 0) is 31.2 Å². The first-order chi connectivity index (χ1) is 13.7. The Hall–Kier alpha value is -2.63. The number of aromatic nitrogens is 2. The van der Waals surface area contributed by atoms with Gasteiger partial charge in [-0.25, -0.2) is 4.68 Å². The number of piperidine rings is 1. The van der Waals surface area contributed by atoms with Gasteiger partial charge in [-0.15, -0.1) is 0 Å². The molecule has 1 amide bonds. The molecule has 2 aliphatic rings. The number of benzene rings is 1. The van der Waals surface area contributed by atoms with E-state index in [1.807, 2.05) is 30.3 Å². The minimum Gasteiger partial charge on any atom is -0.370 e. The molecule has 2 fully saturated rings. The van der Waals surface area contributed by atoms with E-state index < -0.39 is 0 Å². The Labute approximate surface area is 165 Å². The third-order valence-electron chi connectivity index (χ3n) is 5.96. The van der Waals surface area contributed by atoms with Crippen molar-refractivity contribution in [2.45, 2.75) is 51.1 Å². The third-order valence-corrected chi connectivity index (χ3v) is 5.96. The standard InChI is InChI=1S/C22H28N4O2/c27-21-14-20(15-23-26(21)16-17-6-2-1-3-7-17)25-12-10-18(11-13-25)22(28)24-19-8-4-5-9-19/h1-3,6-7,14-15,18-19H,4-5,8-13,16H2,(H,24,28). The Balaban J connectivity index is 1.33. The largest absolute Gasteiger partial charge is 0.370 e. The number of anilines is 1. The van der Waals surface area contributed by atoms with Gasteiger partial charge in [-0.1, -0.05) is 43.2 Å². The van der Waals surface area contributed by atoms with Gasteiger partial charge in [0.05, 0.1) is 18.4 Å². The molecule has 0 spiro atoms. The fourth-order valence-electron chi connectivity index (χ4n) is 4.26. The summed E-state index contributed by atoms with van der Waals surface area (Å²) in [7, 11) is 0. The lowest BCUT2D eigenvalue weighted by molar-refractivity contribution is -0.126. The molecule has 1 saturated heterocycles. The highest BCUT2D eigenvalue weighted by Gasteiger charge is 2.27. The molecule has 1 aromatic heterocycles. The first kappa shape index (κ1) is 18.7. The smallest absolute Gasteiger partial charge is 0.269 e. The van der Waals surface area contributed by atoms with Crippen molar-refractivity contribution in [3.05, 3.63) is 58.5 Å². The van der Waals surface area contributed by atoms with Gasteiger partial charge >= 0.3 is 0 Å². The second-order valence-electron chi connectivity index (χ2n) is 7.95. The topological polar surface area (TPSA) is 67.2 Å². The molecular formula is C22H28N4O2. The number of hydrogen-bond donors (Lipinski definition) is 1. The molecule has 6 heteroatoms. The monoisotopic (exact) mass is 380 g/mol. The first-order valence-electron chi connectivity index (χ1n) is 10.4. The Kier molecular flexibility index (Phi) is 5.74. The van der Waals surface area contributed by atoms with Crippen LogP contribution in [-0.4, -0.2) is 34.8 Å². The number of carbonyl (C=O) groups excluding carboxylic acids is 1. The van der Waals surface area contributed by atoms with Crippen LogP contribution in [0.5, 0.6) is 0 Å². The van der Waals surface area contributed by atoms with Gasteiger partial charge in [0.1, 0.15) is 0 Å². The van der Waals surface area contributed by atoms with Crippen LogP contribution in [0.3, 0.4) is 0 Å². The van der Waals surface area contributed by atoms with Gasteiger partial charge in [0, 0.05) is 31.1 Å². The molecule has 6 nitrogen and oxygen atoms in total. The van der Waals surface area contributed by atoms with Crippen LogP contribution in [0, 0.1) is 5.92 Å². The van der Waals surface area contributed by atoms with E-state index in [9.17, 15) is 9.59 Å². The van der Waals surface area contributed by atoms with Crippen LogP contribution in [-0.2, 0) is 11.3 Å². The van der Waals surface area contributed by atoms with Gasteiger partial charge in [0.2, 0.25) is 5.91 Å². The van der Waals surface area contributed by atoms with Crippen LogP contribution in [0.1, 0.15) is 44.1 Å². The van der Waals surface area contributed by atoms with Crippen LogP contribution in [0.15, 0.2) is 47.4 Å². The van der Waals surface area contributed by atoms with Crippen LogP contribution in [0.2, 0.25) is 0 Å². The van der Waals surface area contributed by atoms with Crippen molar-refractivity contribution in [2.75, 3.05) is 18.0 Å². The molecule has 1 aliphatic carbocycles. The summed E-state index contributed by atoms with van der Waals surface area (Å²) in [6.07, 6.45) is 8.12. The first-order valence-corrected chi connectivity index (χ1v) is 10.4. The predicted molar refractivity (Wildman–Crippen MR) is 109 cm³/mol. The maximum atomic E-state index is 12.5. The quantitative estimate of drug-likeness (QED) is 0.866. The molecule has 2 heterocycles. The van der Waals surface area contributed by atoms with E-state index in [2.05, 4.69) is 15.3 Å². The number of carbonyl (C=O) groups is 1. The molecule has 0 radical (unpaired) electrons. The number of nitrogens with one attached hydrogen (secondary N) is 1. The Morgan fingerprint density at radius 2 is 1.79 bits per heavy atom. The summed E-state index contributed by atoms with van der Waals surface area (Å²) in [5.41, 5.74) is 1.81.